The fourth-order valence-corrected chi connectivity index (χ4v) is 1.95. The number of fused-ring (bicyclic) bond motifs is 1. The van der Waals surface area contributed by atoms with Crippen molar-refractivity contribution in [1.82, 2.24) is 9.97 Å². The number of hydrogen-bond acceptors (Lipinski definition) is 3. The van der Waals surface area contributed by atoms with Crippen LogP contribution in [0.25, 0.3) is 0 Å². The maximum atomic E-state index is 4.56. The zero-order valence-corrected chi connectivity index (χ0v) is 8.80. The average Bonchev–Trinajstić information content (AvgIpc) is 2.39. The van der Waals surface area contributed by atoms with Crippen LogP contribution in [0, 0.1) is 0 Å². The zero-order chi connectivity index (χ0) is 10.8. The smallest absolute Gasteiger partial charge is 0.0921 e. The highest BCUT2D eigenvalue weighted by Crippen LogP contribution is 2.17. The molecule has 16 heavy (non-hydrogen) atoms. The predicted molar refractivity (Wildman–Crippen MR) is 62.7 cm³/mol. The molecule has 0 N–H and O–H groups in total. The van der Waals surface area contributed by atoms with Crippen molar-refractivity contribution >= 4 is 5.71 Å². The molecule has 0 spiro atoms. The quantitative estimate of drug-likeness (QED) is 0.719. The van der Waals surface area contributed by atoms with Gasteiger partial charge in [-0.3, -0.25) is 15.0 Å². The van der Waals surface area contributed by atoms with Crippen LogP contribution in [-0.4, -0.2) is 22.2 Å². The van der Waals surface area contributed by atoms with Crippen LogP contribution in [0.2, 0.25) is 0 Å². The molecule has 3 rings (SSSR count). The highest BCUT2D eigenvalue weighted by molar-refractivity contribution is 6.12. The molecule has 0 fully saturated rings. The topological polar surface area (TPSA) is 38.1 Å². The molecular formula is C13H11N3. The van der Waals surface area contributed by atoms with E-state index in [0.29, 0.717) is 0 Å². The van der Waals surface area contributed by atoms with Gasteiger partial charge in [0, 0.05) is 30.7 Å². The maximum absolute atomic E-state index is 4.56. The number of pyridine rings is 2. The van der Waals surface area contributed by atoms with E-state index in [2.05, 4.69) is 21.0 Å². The molecule has 0 saturated heterocycles. The first-order valence-corrected chi connectivity index (χ1v) is 5.34. The molecule has 1 aliphatic rings. The van der Waals surface area contributed by atoms with Crippen LogP contribution >= 0.6 is 0 Å². The third-order valence-electron chi connectivity index (χ3n) is 2.73. The Hall–Kier alpha value is -2.03. The van der Waals surface area contributed by atoms with Gasteiger partial charge in [0.2, 0.25) is 0 Å². The molecule has 0 atom stereocenters. The number of rotatable bonds is 1. The van der Waals surface area contributed by atoms with Gasteiger partial charge in [-0.25, -0.2) is 0 Å². The van der Waals surface area contributed by atoms with E-state index in [1.165, 1.54) is 5.56 Å². The summed E-state index contributed by atoms with van der Waals surface area (Å²) < 4.78 is 0. The van der Waals surface area contributed by atoms with E-state index >= 15 is 0 Å². The van der Waals surface area contributed by atoms with Gasteiger partial charge in [-0.15, -0.1) is 0 Å². The van der Waals surface area contributed by atoms with Crippen LogP contribution in [0.1, 0.15) is 16.8 Å². The Bertz CT molecular complexity index is 532. The zero-order valence-electron chi connectivity index (χ0n) is 8.80. The Morgan fingerprint density at radius 1 is 1.06 bits per heavy atom. The summed E-state index contributed by atoms with van der Waals surface area (Å²) in [6, 6.07) is 7.94. The summed E-state index contributed by atoms with van der Waals surface area (Å²) in [6.45, 7) is 0.836. The van der Waals surface area contributed by atoms with Crippen molar-refractivity contribution in [2.24, 2.45) is 4.99 Å². The van der Waals surface area contributed by atoms with E-state index in [-0.39, 0.29) is 0 Å². The standard InChI is InChI=1S/C13H11N3/c1-2-6-15-12(3-1)13-11-9-14-7-4-10(11)5-8-16-13/h1-4,6-7,9H,5,8H2. The van der Waals surface area contributed by atoms with E-state index < -0.39 is 0 Å². The van der Waals surface area contributed by atoms with Gasteiger partial charge in [0.25, 0.3) is 0 Å². The lowest BCUT2D eigenvalue weighted by atomic mass is 9.98. The minimum atomic E-state index is 0.836. The molecule has 0 aliphatic carbocycles. The minimum Gasteiger partial charge on any atom is -0.282 e. The second-order valence-electron chi connectivity index (χ2n) is 3.73. The molecule has 1 aliphatic heterocycles. The van der Waals surface area contributed by atoms with Crippen LogP contribution in [0.5, 0.6) is 0 Å². The maximum Gasteiger partial charge on any atom is 0.0921 e. The second-order valence-corrected chi connectivity index (χ2v) is 3.73. The summed E-state index contributed by atoms with van der Waals surface area (Å²) in [5, 5.41) is 0. The highest BCUT2D eigenvalue weighted by atomic mass is 14.8. The molecule has 0 saturated carbocycles. The van der Waals surface area contributed by atoms with E-state index in [9.17, 15) is 0 Å². The van der Waals surface area contributed by atoms with Crippen LogP contribution < -0.4 is 0 Å². The summed E-state index contributed by atoms with van der Waals surface area (Å²) in [5.41, 5.74) is 4.32. The van der Waals surface area contributed by atoms with Gasteiger partial charge in [0.1, 0.15) is 0 Å². The van der Waals surface area contributed by atoms with Crippen molar-refractivity contribution in [2.45, 2.75) is 6.42 Å². The molecule has 0 bridgehead atoms. The van der Waals surface area contributed by atoms with Gasteiger partial charge in [-0.05, 0) is 30.2 Å². The van der Waals surface area contributed by atoms with Crippen molar-refractivity contribution in [2.75, 3.05) is 6.54 Å². The number of hydrogen-bond donors (Lipinski definition) is 0. The SMILES string of the molecule is c1ccc(C2=NCCc3ccncc32)nc1. The number of aromatic nitrogens is 2. The van der Waals surface area contributed by atoms with Crippen molar-refractivity contribution in [1.29, 1.82) is 0 Å². The molecule has 2 aromatic rings. The number of aliphatic imine (C=N–C) groups is 1. The van der Waals surface area contributed by atoms with E-state index in [1.807, 2.05) is 30.6 Å². The Balaban J connectivity index is 2.13. The first-order valence-electron chi connectivity index (χ1n) is 5.34. The number of nitrogens with zero attached hydrogens (tertiary/aromatic N) is 3. The largest absolute Gasteiger partial charge is 0.282 e. The van der Waals surface area contributed by atoms with Crippen molar-refractivity contribution in [3.8, 4) is 0 Å². The predicted octanol–water partition coefficient (Wildman–Crippen LogP) is 1.87. The normalized spacial score (nSPS) is 14.1. The second kappa shape index (κ2) is 3.85. The van der Waals surface area contributed by atoms with Gasteiger partial charge in [-0.1, -0.05) is 6.07 Å². The molecular weight excluding hydrogens is 198 g/mol. The molecule has 0 unspecified atom stereocenters. The summed E-state index contributed by atoms with van der Waals surface area (Å²) in [4.78, 5) is 13.1. The monoisotopic (exact) mass is 209 g/mol. The summed E-state index contributed by atoms with van der Waals surface area (Å²) in [6.07, 6.45) is 6.50. The summed E-state index contributed by atoms with van der Waals surface area (Å²) in [7, 11) is 0. The van der Waals surface area contributed by atoms with Gasteiger partial charge in [-0.2, -0.15) is 0 Å². The van der Waals surface area contributed by atoms with Crippen molar-refractivity contribution < 1.29 is 0 Å². The van der Waals surface area contributed by atoms with Crippen LogP contribution in [0.15, 0.2) is 47.8 Å². The van der Waals surface area contributed by atoms with Crippen molar-refractivity contribution in [3.05, 3.63) is 59.7 Å². The average molecular weight is 209 g/mol. The minimum absolute atomic E-state index is 0.836. The fraction of sp³-hybridized carbons (Fsp3) is 0.154. The van der Waals surface area contributed by atoms with E-state index in [4.69, 9.17) is 0 Å². The van der Waals surface area contributed by atoms with Crippen LogP contribution in [0.4, 0.5) is 0 Å². The lowest BCUT2D eigenvalue weighted by molar-refractivity contribution is 0.935. The highest BCUT2D eigenvalue weighted by Gasteiger charge is 2.15. The van der Waals surface area contributed by atoms with Crippen LogP contribution in [-0.2, 0) is 6.42 Å². The van der Waals surface area contributed by atoms with Gasteiger partial charge >= 0.3 is 0 Å². The third-order valence-corrected chi connectivity index (χ3v) is 2.73. The Kier molecular flexibility index (Phi) is 2.22. The van der Waals surface area contributed by atoms with Crippen LogP contribution in [0.3, 0.4) is 0 Å². The third kappa shape index (κ3) is 1.50. The molecule has 0 aromatic carbocycles. The van der Waals surface area contributed by atoms with E-state index in [0.717, 1.165) is 29.9 Å². The first kappa shape index (κ1) is 9.21. The Morgan fingerprint density at radius 3 is 2.94 bits per heavy atom. The summed E-state index contributed by atoms with van der Waals surface area (Å²) >= 11 is 0. The molecule has 3 heteroatoms. The van der Waals surface area contributed by atoms with Crippen molar-refractivity contribution in [3.63, 3.8) is 0 Å². The molecule has 78 valence electrons. The van der Waals surface area contributed by atoms with Gasteiger partial charge < -0.3 is 0 Å². The molecule has 3 heterocycles. The lowest BCUT2D eigenvalue weighted by Crippen LogP contribution is -2.15. The first-order chi connectivity index (χ1) is 7.95. The lowest BCUT2D eigenvalue weighted by Gasteiger charge is -2.15. The van der Waals surface area contributed by atoms with Gasteiger partial charge in [0.15, 0.2) is 0 Å². The molecule has 3 nitrogen and oxygen atoms in total. The van der Waals surface area contributed by atoms with E-state index in [1.54, 1.807) is 6.20 Å². The molecule has 2 aromatic heterocycles. The summed E-state index contributed by atoms with van der Waals surface area (Å²) in [5.74, 6) is 0. The fourth-order valence-electron chi connectivity index (χ4n) is 1.95. The Labute approximate surface area is 93.9 Å². The molecule has 0 radical (unpaired) electrons. The van der Waals surface area contributed by atoms with Gasteiger partial charge in [0.05, 0.1) is 11.4 Å². The Morgan fingerprint density at radius 2 is 2.06 bits per heavy atom. The molecule has 0 amide bonds.